The molecule has 1 aliphatic carbocycles. The number of aromatic nitrogens is 1. The minimum atomic E-state index is -0.925. The van der Waals surface area contributed by atoms with Crippen molar-refractivity contribution in [2.75, 3.05) is 0 Å². The first-order valence-electron chi connectivity index (χ1n) is 6.42. The van der Waals surface area contributed by atoms with Gasteiger partial charge < -0.3 is 14.8 Å². The second-order valence-electron chi connectivity index (χ2n) is 5.03. The normalized spacial score (nSPS) is 16.9. The number of rotatable bonds is 2. The maximum atomic E-state index is 11.3. The number of hydrogen-bond donors (Lipinski definition) is 2. The largest absolute Gasteiger partial charge is 0.478 e. The van der Waals surface area contributed by atoms with Crippen LogP contribution in [0, 0.1) is 13.8 Å². The van der Waals surface area contributed by atoms with Gasteiger partial charge in [-0.15, -0.1) is 0 Å². The van der Waals surface area contributed by atoms with Crippen molar-refractivity contribution in [2.24, 2.45) is 0 Å². The van der Waals surface area contributed by atoms with Gasteiger partial charge in [-0.2, -0.15) is 0 Å². The third kappa shape index (κ3) is 1.69. The van der Waals surface area contributed by atoms with E-state index >= 15 is 0 Å². The molecule has 0 fully saturated rings. The zero-order valence-corrected chi connectivity index (χ0v) is 11.3. The van der Waals surface area contributed by atoms with Crippen molar-refractivity contribution in [1.82, 2.24) is 4.57 Å². The highest BCUT2D eigenvalue weighted by atomic mass is 16.4. The standard InChI is InChI=1S/C16H15NO3/c1-9-8-17(10(2)15(9)16(19)20)13-7-14(18)12-6-4-3-5-11(12)13/h3-8,14,18H,1-2H3,(H,19,20). The molecule has 2 aromatic rings. The third-order valence-corrected chi connectivity index (χ3v) is 3.78. The maximum absolute atomic E-state index is 11.3. The summed E-state index contributed by atoms with van der Waals surface area (Å²) < 4.78 is 1.84. The van der Waals surface area contributed by atoms with Crippen LogP contribution < -0.4 is 0 Å². The average Bonchev–Trinajstić information content (AvgIpc) is 2.88. The Bertz CT molecular complexity index is 740. The smallest absolute Gasteiger partial charge is 0.337 e. The number of aryl methyl sites for hydroxylation is 1. The highest BCUT2D eigenvalue weighted by Crippen LogP contribution is 2.36. The first-order valence-corrected chi connectivity index (χ1v) is 6.42. The minimum absolute atomic E-state index is 0.324. The molecule has 0 aliphatic heterocycles. The van der Waals surface area contributed by atoms with Gasteiger partial charge in [0.2, 0.25) is 0 Å². The Kier molecular flexibility index (Phi) is 2.76. The van der Waals surface area contributed by atoms with Crippen molar-refractivity contribution in [3.63, 3.8) is 0 Å². The molecule has 3 rings (SSSR count). The number of carboxylic acid groups (broad SMARTS) is 1. The van der Waals surface area contributed by atoms with Gasteiger partial charge in [0.05, 0.1) is 11.3 Å². The summed E-state index contributed by atoms with van der Waals surface area (Å²) in [5.41, 5.74) is 4.34. The fourth-order valence-electron chi connectivity index (χ4n) is 2.86. The molecule has 4 heteroatoms. The van der Waals surface area contributed by atoms with Gasteiger partial charge in [0.15, 0.2) is 0 Å². The van der Waals surface area contributed by atoms with Gasteiger partial charge in [-0.3, -0.25) is 0 Å². The molecule has 1 unspecified atom stereocenters. The molecule has 0 saturated heterocycles. The molecule has 1 aliphatic rings. The van der Waals surface area contributed by atoms with Crippen LogP contribution in [0.3, 0.4) is 0 Å². The Balaban J connectivity index is 2.19. The summed E-state index contributed by atoms with van der Waals surface area (Å²) >= 11 is 0. The van der Waals surface area contributed by atoms with Crippen molar-refractivity contribution < 1.29 is 15.0 Å². The molecule has 102 valence electrons. The number of nitrogens with zero attached hydrogens (tertiary/aromatic N) is 1. The molecule has 20 heavy (non-hydrogen) atoms. The molecule has 0 radical (unpaired) electrons. The lowest BCUT2D eigenvalue weighted by Crippen LogP contribution is -2.03. The quantitative estimate of drug-likeness (QED) is 0.881. The van der Waals surface area contributed by atoms with Crippen molar-refractivity contribution in [3.05, 3.63) is 64.5 Å². The van der Waals surface area contributed by atoms with E-state index in [1.165, 1.54) is 0 Å². The topological polar surface area (TPSA) is 62.5 Å². The predicted molar refractivity (Wildman–Crippen MR) is 75.6 cm³/mol. The number of hydrogen-bond acceptors (Lipinski definition) is 2. The summed E-state index contributed by atoms with van der Waals surface area (Å²) in [4.78, 5) is 11.3. The van der Waals surface area contributed by atoms with Crippen molar-refractivity contribution in [3.8, 4) is 0 Å². The number of benzene rings is 1. The SMILES string of the molecule is Cc1cn(C2=CC(O)c3ccccc32)c(C)c1C(=O)O. The first-order chi connectivity index (χ1) is 9.50. The van der Waals surface area contributed by atoms with Crippen LogP contribution in [0.25, 0.3) is 5.70 Å². The molecule has 0 spiro atoms. The Morgan fingerprint density at radius 1 is 1.25 bits per heavy atom. The van der Waals surface area contributed by atoms with Crippen LogP contribution in [0.1, 0.15) is 38.8 Å². The van der Waals surface area contributed by atoms with Gasteiger partial charge in [-0.05, 0) is 31.1 Å². The van der Waals surface area contributed by atoms with Gasteiger partial charge in [0, 0.05) is 17.5 Å². The molecule has 0 amide bonds. The molecular weight excluding hydrogens is 254 g/mol. The molecule has 0 saturated carbocycles. The lowest BCUT2D eigenvalue weighted by molar-refractivity contribution is 0.0695. The summed E-state index contributed by atoms with van der Waals surface area (Å²) in [5, 5.41) is 19.4. The van der Waals surface area contributed by atoms with Crippen LogP contribution >= 0.6 is 0 Å². The number of aliphatic hydroxyl groups is 1. The van der Waals surface area contributed by atoms with E-state index in [0.717, 1.165) is 22.4 Å². The molecule has 1 aromatic carbocycles. The summed E-state index contributed by atoms with van der Waals surface area (Å²) in [7, 11) is 0. The van der Waals surface area contributed by atoms with E-state index in [9.17, 15) is 15.0 Å². The van der Waals surface area contributed by atoms with E-state index in [0.29, 0.717) is 11.3 Å². The third-order valence-electron chi connectivity index (χ3n) is 3.78. The van der Waals surface area contributed by atoms with Crippen molar-refractivity contribution in [1.29, 1.82) is 0 Å². The van der Waals surface area contributed by atoms with Crippen LogP contribution in [0.15, 0.2) is 36.5 Å². The molecule has 0 bridgehead atoms. The van der Waals surface area contributed by atoms with Crippen molar-refractivity contribution >= 4 is 11.7 Å². The number of aliphatic hydroxyl groups excluding tert-OH is 1. The Morgan fingerprint density at radius 2 is 1.95 bits per heavy atom. The predicted octanol–water partition coefficient (Wildman–Crippen LogP) is 2.74. The fraction of sp³-hybridized carbons (Fsp3) is 0.188. The second-order valence-corrected chi connectivity index (χ2v) is 5.03. The molecule has 1 aromatic heterocycles. The van der Waals surface area contributed by atoms with Crippen LogP contribution in [0.2, 0.25) is 0 Å². The van der Waals surface area contributed by atoms with Gasteiger partial charge in [0.25, 0.3) is 0 Å². The summed E-state index contributed by atoms with van der Waals surface area (Å²) in [6.45, 7) is 3.56. The van der Waals surface area contributed by atoms with E-state index in [-0.39, 0.29) is 0 Å². The second kappa shape index (κ2) is 4.35. The van der Waals surface area contributed by atoms with Crippen LogP contribution in [0.4, 0.5) is 0 Å². The maximum Gasteiger partial charge on any atom is 0.337 e. The molecule has 1 heterocycles. The van der Waals surface area contributed by atoms with E-state index in [1.54, 1.807) is 26.1 Å². The van der Waals surface area contributed by atoms with E-state index < -0.39 is 12.1 Å². The fourth-order valence-corrected chi connectivity index (χ4v) is 2.86. The van der Waals surface area contributed by atoms with Gasteiger partial charge >= 0.3 is 5.97 Å². The van der Waals surface area contributed by atoms with E-state index in [4.69, 9.17) is 0 Å². The average molecular weight is 269 g/mol. The van der Waals surface area contributed by atoms with Gasteiger partial charge in [-0.1, -0.05) is 24.3 Å². The van der Waals surface area contributed by atoms with Crippen molar-refractivity contribution in [2.45, 2.75) is 20.0 Å². The first kappa shape index (κ1) is 12.7. The number of carboxylic acids is 1. The van der Waals surface area contributed by atoms with Gasteiger partial charge in [0.1, 0.15) is 6.10 Å². The number of fused-ring (bicyclic) bond motifs is 1. The summed E-state index contributed by atoms with van der Waals surface area (Å²) in [6.07, 6.45) is 2.92. The van der Waals surface area contributed by atoms with Crippen LogP contribution in [-0.2, 0) is 0 Å². The zero-order chi connectivity index (χ0) is 14.4. The molecule has 2 N–H and O–H groups in total. The lowest BCUT2D eigenvalue weighted by atomic mass is 10.1. The monoisotopic (exact) mass is 269 g/mol. The number of carbonyl (C=O) groups is 1. The van der Waals surface area contributed by atoms with E-state index in [2.05, 4.69) is 0 Å². The molecule has 4 nitrogen and oxygen atoms in total. The highest BCUT2D eigenvalue weighted by Gasteiger charge is 2.25. The Labute approximate surface area is 116 Å². The Hall–Kier alpha value is -2.33. The highest BCUT2D eigenvalue weighted by molar-refractivity contribution is 5.92. The van der Waals surface area contributed by atoms with Crippen LogP contribution in [0.5, 0.6) is 0 Å². The molecule has 1 atom stereocenters. The summed E-state index contributed by atoms with van der Waals surface area (Å²) in [6, 6.07) is 7.61. The summed E-state index contributed by atoms with van der Waals surface area (Å²) in [5.74, 6) is -0.925. The Morgan fingerprint density at radius 3 is 2.60 bits per heavy atom. The van der Waals surface area contributed by atoms with E-state index in [1.807, 2.05) is 28.8 Å². The zero-order valence-electron chi connectivity index (χ0n) is 11.3. The minimum Gasteiger partial charge on any atom is -0.478 e. The number of aromatic carboxylic acids is 1. The lowest BCUT2D eigenvalue weighted by Gasteiger charge is -2.09. The van der Waals surface area contributed by atoms with Crippen LogP contribution in [-0.4, -0.2) is 20.7 Å². The van der Waals surface area contributed by atoms with Gasteiger partial charge in [-0.25, -0.2) is 4.79 Å². The molecular formula is C16H15NO3.